The smallest absolute Gasteiger partial charge is 0.226 e. The van der Waals surface area contributed by atoms with Crippen LogP contribution in [-0.2, 0) is 0 Å². The maximum atomic E-state index is 6.42. The summed E-state index contributed by atoms with van der Waals surface area (Å²) in [6.07, 6.45) is 5.16. The quantitative estimate of drug-likeness (QED) is 0.476. The normalized spacial score (nSPS) is 11.8. The lowest BCUT2D eigenvalue weighted by Gasteiger charge is -2.14. The number of anilines is 2. The summed E-state index contributed by atoms with van der Waals surface area (Å²) in [6.45, 7) is 0. The largest absolute Gasteiger partial charge is 0.497 e. The Hall–Kier alpha value is -3.78. The van der Waals surface area contributed by atoms with Gasteiger partial charge in [-0.3, -0.25) is 9.97 Å². The molecule has 1 atom stereocenters. The van der Waals surface area contributed by atoms with Gasteiger partial charge in [0.2, 0.25) is 5.95 Å². The second-order valence-corrected chi connectivity index (χ2v) is 6.08. The van der Waals surface area contributed by atoms with Crippen LogP contribution in [0.25, 0.3) is 11.4 Å². The van der Waals surface area contributed by atoms with Gasteiger partial charge in [-0.1, -0.05) is 12.1 Å². The van der Waals surface area contributed by atoms with Crippen LogP contribution >= 0.6 is 0 Å². The number of aromatic nitrogens is 5. The van der Waals surface area contributed by atoms with Crippen LogP contribution in [0.4, 0.5) is 11.6 Å². The highest BCUT2D eigenvalue weighted by atomic mass is 16.5. The van der Waals surface area contributed by atoms with E-state index in [-0.39, 0.29) is 0 Å². The Labute approximate surface area is 161 Å². The molecule has 8 nitrogen and oxygen atoms in total. The maximum Gasteiger partial charge on any atom is 0.226 e. The van der Waals surface area contributed by atoms with Crippen molar-refractivity contribution in [3.8, 4) is 17.1 Å². The highest BCUT2D eigenvalue weighted by Crippen LogP contribution is 2.27. The van der Waals surface area contributed by atoms with Crippen molar-refractivity contribution in [3.63, 3.8) is 0 Å². The molecule has 4 N–H and O–H groups in total. The molecule has 1 aromatic carbocycles. The van der Waals surface area contributed by atoms with Crippen LogP contribution < -0.4 is 15.8 Å². The molecular weight excluding hydrogens is 354 g/mol. The zero-order valence-electron chi connectivity index (χ0n) is 15.2. The van der Waals surface area contributed by atoms with Gasteiger partial charge >= 0.3 is 0 Å². The van der Waals surface area contributed by atoms with E-state index in [1.165, 1.54) is 0 Å². The van der Waals surface area contributed by atoms with Crippen molar-refractivity contribution in [2.75, 3.05) is 12.4 Å². The van der Waals surface area contributed by atoms with E-state index >= 15 is 0 Å². The number of hydrogen-bond acceptors (Lipinski definition) is 7. The fourth-order valence-electron chi connectivity index (χ4n) is 2.86. The number of nitrogens with one attached hydrogen (secondary N) is 2. The van der Waals surface area contributed by atoms with Gasteiger partial charge in [0.25, 0.3) is 0 Å². The monoisotopic (exact) mass is 373 g/mol. The molecule has 0 aliphatic rings. The van der Waals surface area contributed by atoms with Gasteiger partial charge in [-0.2, -0.15) is 0 Å². The highest BCUT2D eigenvalue weighted by Gasteiger charge is 2.18. The first-order valence-electron chi connectivity index (χ1n) is 8.69. The van der Waals surface area contributed by atoms with E-state index in [0.29, 0.717) is 17.5 Å². The van der Waals surface area contributed by atoms with Gasteiger partial charge in [0, 0.05) is 35.9 Å². The summed E-state index contributed by atoms with van der Waals surface area (Å²) < 4.78 is 5.24. The fourth-order valence-corrected chi connectivity index (χ4v) is 2.86. The molecule has 0 amide bonds. The van der Waals surface area contributed by atoms with E-state index in [0.717, 1.165) is 22.6 Å². The Bertz CT molecular complexity index is 1060. The van der Waals surface area contributed by atoms with E-state index in [1.54, 1.807) is 25.7 Å². The summed E-state index contributed by atoms with van der Waals surface area (Å²) in [7, 11) is 1.63. The predicted octanol–water partition coefficient (Wildman–Crippen LogP) is 3.06. The minimum Gasteiger partial charge on any atom is -0.497 e. The number of H-pyrrole nitrogens is 1. The number of nitrogens with two attached hydrogens (primary N) is 1. The molecule has 4 rings (SSSR count). The molecule has 0 radical (unpaired) electrons. The number of methoxy groups -OCH3 is 1. The van der Waals surface area contributed by atoms with Crippen LogP contribution in [0.15, 0.2) is 67.1 Å². The predicted molar refractivity (Wildman–Crippen MR) is 106 cm³/mol. The number of pyridine rings is 2. The summed E-state index contributed by atoms with van der Waals surface area (Å²) in [5.41, 5.74) is 9.60. The molecule has 8 heteroatoms. The van der Waals surface area contributed by atoms with Crippen LogP contribution in [0.1, 0.15) is 17.3 Å². The summed E-state index contributed by atoms with van der Waals surface area (Å²) in [5.74, 6) is 1.84. The van der Waals surface area contributed by atoms with E-state index in [9.17, 15) is 0 Å². The number of nitrogens with zero attached hydrogens (tertiary/aromatic N) is 4. The van der Waals surface area contributed by atoms with Crippen LogP contribution in [0.5, 0.6) is 5.75 Å². The van der Waals surface area contributed by atoms with Gasteiger partial charge in [-0.15, -0.1) is 10.2 Å². The molecule has 3 aromatic heterocycles. The van der Waals surface area contributed by atoms with Crippen molar-refractivity contribution in [2.24, 2.45) is 5.73 Å². The highest BCUT2D eigenvalue weighted by molar-refractivity contribution is 5.63. The molecule has 0 aliphatic heterocycles. The Morgan fingerprint density at radius 3 is 2.79 bits per heavy atom. The topological polar surface area (TPSA) is 115 Å². The molecule has 28 heavy (non-hydrogen) atoms. The number of benzene rings is 1. The molecule has 4 aromatic rings. The Morgan fingerprint density at radius 2 is 1.96 bits per heavy atom. The molecule has 3 heterocycles. The fraction of sp³-hybridized carbons (Fsp3) is 0.100. The summed E-state index contributed by atoms with van der Waals surface area (Å²) in [6, 6.07) is 14.7. The van der Waals surface area contributed by atoms with E-state index in [2.05, 4.69) is 30.5 Å². The van der Waals surface area contributed by atoms with Gasteiger partial charge in [0.05, 0.1) is 18.8 Å². The van der Waals surface area contributed by atoms with Gasteiger partial charge in [-0.25, -0.2) is 0 Å². The summed E-state index contributed by atoms with van der Waals surface area (Å²) in [5, 5.41) is 11.6. The summed E-state index contributed by atoms with van der Waals surface area (Å²) in [4.78, 5) is 11.8. The molecular formula is C20H19N7O. The Kier molecular flexibility index (Phi) is 4.94. The van der Waals surface area contributed by atoms with E-state index < -0.39 is 6.04 Å². The molecule has 0 bridgehead atoms. The molecule has 0 saturated heterocycles. The van der Waals surface area contributed by atoms with Gasteiger partial charge in [0.1, 0.15) is 5.75 Å². The standard InChI is InChI=1S/C20H19N7O/c1-28-15-7-2-6-14(11-15)24-20-25-19(26-27-20)16-8-4-10-23-18(16)17(21)13-5-3-9-22-12-13/h2-12,17H,21H2,1H3,(H2,24,25,26,27). The molecule has 0 aliphatic carbocycles. The third kappa shape index (κ3) is 3.67. The zero-order valence-corrected chi connectivity index (χ0v) is 15.2. The first-order valence-corrected chi connectivity index (χ1v) is 8.69. The van der Waals surface area contributed by atoms with Crippen molar-refractivity contribution in [3.05, 3.63) is 78.4 Å². The van der Waals surface area contributed by atoms with Crippen LogP contribution in [0.2, 0.25) is 0 Å². The second-order valence-electron chi connectivity index (χ2n) is 6.08. The SMILES string of the molecule is COc1cccc(Nc2nnc(-c3cccnc3C(N)c3cccnc3)[nH]2)c1. The minimum absolute atomic E-state index is 0.426. The Morgan fingerprint density at radius 1 is 1.07 bits per heavy atom. The number of aromatic amines is 1. The number of hydrogen-bond donors (Lipinski definition) is 3. The van der Waals surface area contributed by atoms with Crippen LogP contribution in [0, 0.1) is 0 Å². The van der Waals surface area contributed by atoms with Crippen molar-refractivity contribution in [1.82, 2.24) is 25.1 Å². The zero-order chi connectivity index (χ0) is 19.3. The van der Waals surface area contributed by atoms with Crippen molar-refractivity contribution >= 4 is 11.6 Å². The lowest BCUT2D eigenvalue weighted by Crippen LogP contribution is -2.15. The van der Waals surface area contributed by atoms with Gasteiger partial charge in [-0.05, 0) is 35.9 Å². The number of ether oxygens (including phenoxy) is 1. The van der Waals surface area contributed by atoms with Gasteiger partial charge < -0.3 is 20.8 Å². The molecule has 1 unspecified atom stereocenters. The first kappa shape index (κ1) is 17.6. The van der Waals surface area contributed by atoms with Crippen LogP contribution in [-0.4, -0.2) is 32.3 Å². The molecule has 0 spiro atoms. The average Bonchev–Trinajstić information content (AvgIpc) is 3.22. The lowest BCUT2D eigenvalue weighted by molar-refractivity contribution is 0.415. The minimum atomic E-state index is -0.426. The Balaban J connectivity index is 1.62. The lowest BCUT2D eigenvalue weighted by atomic mass is 10.0. The van der Waals surface area contributed by atoms with Crippen LogP contribution in [0.3, 0.4) is 0 Å². The third-order valence-electron chi connectivity index (χ3n) is 4.25. The third-order valence-corrected chi connectivity index (χ3v) is 4.25. The van der Waals surface area contributed by atoms with Gasteiger partial charge in [0.15, 0.2) is 5.82 Å². The average molecular weight is 373 g/mol. The first-order chi connectivity index (χ1) is 13.7. The second kappa shape index (κ2) is 7.85. The van der Waals surface area contributed by atoms with Crippen molar-refractivity contribution < 1.29 is 4.74 Å². The van der Waals surface area contributed by atoms with Crippen molar-refractivity contribution in [1.29, 1.82) is 0 Å². The molecule has 140 valence electrons. The maximum absolute atomic E-state index is 6.42. The van der Waals surface area contributed by atoms with Crippen molar-refractivity contribution in [2.45, 2.75) is 6.04 Å². The molecule has 0 fully saturated rings. The van der Waals surface area contributed by atoms with E-state index in [4.69, 9.17) is 10.5 Å². The summed E-state index contributed by atoms with van der Waals surface area (Å²) >= 11 is 0. The van der Waals surface area contributed by atoms with E-state index in [1.807, 2.05) is 48.5 Å². The molecule has 0 saturated carbocycles. The number of rotatable bonds is 6.